The van der Waals surface area contributed by atoms with Gasteiger partial charge in [0.15, 0.2) is 0 Å². The van der Waals surface area contributed by atoms with Crippen LogP contribution in [0.5, 0.6) is 0 Å². The van der Waals surface area contributed by atoms with Crippen molar-refractivity contribution in [2.24, 2.45) is 0 Å². The summed E-state index contributed by atoms with van der Waals surface area (Å²) in [5, 5.41) is 2.84. The van der Waals surface area contributed by atoms with Crippen LogP contribution in [-0.2, 0) is 6.18 Å². The number of nitrogens with one attached hydrogen (secondary N) is 1. The third-order valence-electron chi connectivity index (χ3n) is 3.03. The number of alkyl halides is 3. The van der Waals surface area contributed by atoms with Crippen molar-refractivity contribution < 1.29 is 13.2 Å². The molecule has 100 valence electrons. The van der Waals surface area contributed by atoms with Crippen molar-refractivity contribution >= 4 is 17.3 Å². The summed E-state index contributed by atoms with van der Waals surface area (Å²) in [4.78, 5) is 2.14. The van der Waals surface area contributed by atoms with Crippen molar-refractivity contribution in [3.8, 4) is 0 Å². The fourth-order valence-corrected chi connectivity index (χ4v) is 2.35. The van der Waals surface area contributed by atoms with Gasteiger partial charge in [0.2, 0.25) is 0 Å². The molecule has 0 spiro atoms. The second kappa shape index (κ2) is 4.97. The Balaban J connectivity index is 2.15. The molecular weight excluding hydrogens is 265 g/mol. The van der Waals surface area contributed by atoms with Crippen molar-refractivity contribution in [2.45, 2.75) is 18.6 Å². The van der Waals surface area contributed by atoms with Gasteiger partial charge in [0.1, 0.15) is 0 Å². The van der Waals surface area contributed by atoms with Crippen LogP contribution in [-0.4, -0.2) is 31.1 Å². The lowest BCUT2D eigenvalue weighted by molar-refractivity contribution is -0.137. The minimum atomic E-state index is -4.42. The van der Waals surface area contributed by atoms with Crippen LogP contribution in [0.15, 0.2) is 18.2 Å². The first-order valence-corrected chi connectivity index (χ1v) is 6.06. The Bertz CT molecular complexity index is 434. The van der Waals surface area contributed by atoms with Gasteiger partial charge in [-0.25, -0.2) is 0 Å². The molecule has 0 saturated carbocycles. The molecule has 1 heterocycles. The van der Waals surface area contributed by atoms with E-state index in [9.17, 15) is 13.2 Å². The molecule has 6 heteroatoms. The van der Waals surface area contributed by atoms with Crippen LogP contribution in [0.1, 0.15) is 12.0 Å². The van der Waals surface area contributed by atoms with Crippen molar-refractivity contribution in [3.05, 3.63) is 28.8 Å². The molecule has 1 aromatic carbocycles. The standard InChI is InChI=1S/C12H14ClF3N2/c1-18-5-4-9(7-18)17-8-2-3-11(13)10(6-8)12(14,15)16/h2-3,6,9,17H,4-5,7H2,1H3. The summed E-state index contributed by atoms with van der Waals surface area (Å²) in [6.45, 7) is 1.79. The van der Waals surface area contributed by atoms with E-state index >= 15 is 0 Å². The Morgan fingerprint density at radius 1 is 1.39 bits per heavy atom. The van der Waals surface area contributed by atoms with Crippen molar-refractivity contribution in [3.63, 3.8) is 0 Å². The second-order valence-corrected chi connectivity index (χ2v) is 4.99. The molecule has 1 aromatic rings. The Labute approximate surface area is 109 Å². The quantitative estimate of drug-likeness (QED) is 0.891. The lowest BCUT2D eigenvalue weighted by Gasteiger charge is -2.16. The molecule has 0 amide bonds. The highest BCUT2D eigenvalue weighted by atomic mass is 35.5. The first-order chi connectivity index (χ1) is 8.36. The number of hydrogen-bond donors (Lipinski definition) is 1. The minimum Gasteiger partial charge on any atom is -0.381 e. The molecular formula is C12H14ClF3N2. The van der Waals surface area contributed by atoms with Gasteiger partial charge >= 0.3 is 6.18 Å². The van der Waals surface area contributed by atoms with Crippen molar-refractivity contribution in [1.82, 2.24) is 4.90 Å². The Morgan fingerprint density at radius 3 is 2.67 bits per heavy atom. The van der Waals surface area contributed by atoms with Gasteiger partial charge in [0.05, 0.1) is 10.6 Å². The zero-order chi connectivity index (χ0) is 13.3. The van der Waals surface area contributed by atoms with Crippen LogP contribution < -0.4 is 5.32 Å². The summed E-state index contributed by atoms with van der Waals surface area (Å²) in [6.07, 6.45) is -3.48. The fraction of sp³-hybridized carbons (Fsp3) is 0.500. The summed E-state index contributed by atoms with van der Waals surface area (Å²) in [5.41, 5.74) is -0.326. The maximum atomic E-state index is 12.7. The number of anilines is 1. The van der Waals surface area contributed by atoms with Crippen LogP contribution in [0.25, 0.3) is 0 Å². The molecule has 1 unspecified atom stereocenters. The van der Waals surface area contributed by atoms with Gasteiger partial charge in [0, 0.05) is 18.3 Å². The van der Waals surface area contributed by atoms with Crippen LogP contribution >= 0.6 is 11.6 Å². The van der Waals surface area contributed by atoms with Crippen LogP contribution in [0.3, 0.4) is 0 Å². The summed E-state index contributed by atoms with van der Waals surface area (Å²) in [5.74, 6) is 0. The van der Waals surface area contributed by atoms with Gasteiger partial charge in [-0.3, -0.25) is 0 Å². The van der Waals surface area contributed by atoms with Gasteiger partial charge in [-0.15, -0.1) is 0 Å². The molecule has 18 heavy (non-hydrogen) atoms. The molecule has 2 nitrogen and oxygen atoms in total. The summed E-state index contributed by atoms with van der Waals surface area (Å²) >= 11 is 5.56. The predicted molar refractivity (Wildman–Crippen MR) is 66.0 cm³/mol. The highest BCUT2D eigenvalue weighted by molar-refractivity contribution is 6.31. The van der Waals surface area contributed by atoms with E-state index in [4.69, 9.17) is 11.6 Å². The maximum Gasteiger partial charge on any atom is 0.417 e. The van der Waals surface area contributed by atoms with E-state index in [-0.39, 0.29) is 11.1 Å². The van der Waals surface area contributed by atoms with Crippen LogP contribution in [0.2, 0.25) is 5.02 Å². The highest BCUT2D eigenvalue weighted by Crippen LogP contribution is 2.36. The molecule has 1 aliphatic rings. The third-order valence-corrected chi connectivity index (χ3v) is 3.36. The molecule has 0 bridgehead atoms. The van der Waals surface area contributed by atoms with E-state index in [1.807, 2.05) is 7.05 Å². The predicted octanol–water partition coefficient (Wildman–Crippen LogP) is 3.47. The molecule has 1 saturated heterocycles. The third kappa shape index (κ3) is 3.09. The monoisotopic (exact) mass is 278 g/mol. The largest absolute Gasteiger partial charge is 0.417 e. The first kappa shape index (κ1) is 13.5. The van der Waals surface area contributed by atoms with Crippen molar-refractivity contribution in [2.75, 3.05) is 25.5 Å². The van der Waals surface area contributed by atoms with E-state index in [2.05, 4.69) is 10.2 Å². The van der Waals surface area contributed by atoms with Gasteiger partial charge in [-0.05, 0) is 38.2 Å². The smallest absolute Gasteiger partial charge is 0.381 e. The Morgan fingerprint density at radius 2 is 2.11 bits per heavy atom. The number of rotatable bonds is 2. The SMILES string of the molecule is CN1CCC(Nc2ccc(Cl)c(C(F)(F)F)c2)C1. The summed E-state index contributed by atoms with van der Waals surface area (Å²) < 4.78 is 38.1. The second-order valence-electron chi connectivity index (χ2n) is 4.58. The Hall–Kier alpha value is -0.940. The topological polar surface area (TPSA) is 15.3 Å². The number of nitrogens with zero attached hydrogens (tertiary/aromatic N) is 1. The molecule has 0 radical (unpaired) electrons. The number of likely N-dealkylation sites (N-methyl/N-ethyl adjacent to an activating group) is 1. The van der Waals surface area contributed by atoms with E-state index in [1.54, 1.807) is 6.07 Å². The summed E-state index contributed by atoms with van der Waals surface area (Å²) in [7, 11) is 1.99. The van der Waals surface area contributed by atoms with Crippen LogP contribution in [0.4, 0.5) is 18.9 Å². The van der Waals surface area contributed by atoms with Gasteiger partial charge in [-0.1, -0.05) is 11.6 Å². The Kier molecular flexibility index (Phi) is 3.73. The lowest BCUT2D eigenvalue weighted by atomic mass is 10.1. The number of benzene rings is 1. The van der Waals surface area contributed by atoms with Gasteiger partial charge in [0.25, 0.3) is 0 Å². The zero-order valence-electron chi connectivity index (χ0n) is 9.89. The lowest BCUT2D eigenvalue weighted by Crippen LogP contribution is -2.23. The van der Waals surface area contributed by atoms with E-state index in [1.165, 1.54) is 6.07 Å². The van der Waals surface area contributed by atoms with Crippen LogP contribution in [0, 0.1) is 0 Å². The molecule has 1 aliphatic heterocycles. The number of halogens is 4. The van der Waals surface area contributed by atoms with E-state index in [0.29, 0.717) is 5.69 Å². The average molecular weight is 279 g/mol. The number of hydrogen-bond acceptors (Lipinski definition) is 2. The highest BCUT2D eigenvalue weighted by Gasteiger charge is 2.33. The minimum absolute atomic E-state index is 0.192. The van der Waals surface area contributed by atoms with E-state index < -0.39 is 11.7 Å². The normalized spacial score (nSPS) is 21.3. The average Bonchev–Trinajstić information content (AvgIpc) is 2.65. The molecule has 1 atom stereocenters. The zero-order valence-corrected chi connectivity index (χ0v) is 10.6. The van der Waals surface area contributed by atoms with Crippen molar-refractivity contribution in [1.29, 1.82) is 0 Å². The van der Waals surface area contributed by atoms with Gasteiger partial charge in [-0.2, -0.15) is 13.2 Å². The fourth-order valence-electron chi connectivity index (χ4n) is 2.12. The molecule has 0 aromatic heterocycles. The van der Waals surface area contributed by atoms with E-state index in [0.717, 1.165) is 25.6 Å². The first-order valence-electron chi connectivity index (χ1n) is 5.68. The molecule has 0 aliphatic carbocycles. The number of likely N-dealkylation sites (tertiary alicyclic amines) is 1. The molecule has 1 N–H and O–H groups in total. The molecule has 2 rings (SSSR count). The summed E-state index contributed by atoms with van der Waals surface area (Å²) in [6, 6.07) is 4.12. The maximum absolute atomic E-state index is 12.7. The molecule has 1 fully saturated rings. The van der Waals surface area contributed by atoms with Gasteiger partial charge < -0.3 is 10.2 Å².